The first-order valence-corrected chi connectivity index (χ1v) is 8.66. The van der Waals surface area contributed by atoms with Gasteiger partial charge in [0.05, 0.1) is 12.2 Å². The molecule has 3 saturated carbocycles. The van der Waals surface area contributed by atoms with Gasteiger partial charge in [-0.3, -0.25) is 4.79 Å². The fourth-order valence-electron chi connectivity index (χ4n) is 6.30. The first kappa shape index (κ1) is 14.6. The average Bonchev–Trinajstić information content (AvgIpc) is 2.75. The minimum atomic E-state index is -0.398. The van der Waals surface area contributed by atoms with E-state index in [4.69, 9.17) is 0 Å². The van der Waals surface area contributed by atoms with Gasteiger partial charge in [0, 0.05) is 11.3 Å². The van der Waals surface area contributed by atoms with Gasteiger partial charge in [-0.1, -0.05) is 25.5 Å². The van der Waals surface area contributed by atoms with Crippen LogP contribution in [-0.4, -0.2) is 28.2 Å². The molecule has 0 bridgehead atoms. The predicted molar refractivity (Wildman–Crippen MR) is 84.0 cm³/mol. The predicted octanol–water partition coefficient (Wildman–Crippen LogP) is 2.63. The van der Waals surface area contributed by atoms with Crippen molar-refractivity contribution in [3.63, 3.8) is 0 Å². The number of hydrogen-bond acceptors (Lipinski definition) is 3. The molecule has 3 nitrogen and oxygen atoms in total. The smallest absolute Gasteiger partial charge is 0.178 e. The Labute approximate surface area is 132 Å². The lowest BCUT2D eigenvalue weighted by atomic mass is 9.47. The summed E-state index contributed by atoms with van der Waals surface area (Å²) in [7, 11) is 0. The molecule has 0 aromatic heterocycles. The van der Waals surface area contributed by atoms with Crippen molar-refractivity contribution < 1.29 is 15.0 Å². The molecule has 0 unspecified atom stereocenters. The lowest BCUT2D eigenvalue weighted by Crippen LogP contribution is -2.56. The molecule has 7 atom stereocenters. The van der Waals surface area contributed by atoms with Crippen molar-refractivity contribution in [3.05, 3.63) is 23.8 Å². The maximum Gasteiger partial charge on any atom is 0.178 e. The Morgan fingerprint density at radius 3 is 2.73 bits per heavy atom. The summed E-state index contributed by atoms with van der Waals surface area (Å²) >= 11 is 0. The second kappa shape index (κ2) is 4.55. The molecule has 3 heteroatoms. The Bertz CT molecular complexity index is 577. The Morgan fingerprint density at radius 2 is 1.95 bits per heavy atom. The SMILES string of the molecule is C[C@]12C[C@@H](O)[C@H]3[C@@H](CCC4=CC(=O)C=C[C@]43C)[C@@H]1CC[C@@H]2O. The lowest BCUT2D eigenvalue weighted by Gasteiger charge is -2.58. The second-order valence-corrected chi connectivity index (χ2v) is 8.39. The van der Waals surface area contributed by atoms with Gasteiger partial charge in [0.1, 0.15) is 0 Å². The average molecular weight is 302 g/mol. The van der Waals surface area contributed by atoms with Gasteiger partial charge in [-0.15, -0.1) is 0 Å². The van der Waals surface area contributed by atoms with E-state index in [1.54, 1.807) is 12.2 Å². The number of aliphatic hydroxyl groups excluding tert-OH is 2. The van der Waals surface area contributed by atoms with Crippen molar-refractivity contribution in [2.75, 3.05) is 0 Å². The van der Waals surface area contributed by atoms with Crippen LogP contribution in [-0.2, 0) is 4.79 Å². The molecular formula is C19H26O3. The largest absolute Gasteiger partial charge is 0.393 e. The van der Waals surface area contributed by atoms with Gasteiger partial charge < -0.3 is 10.2 Å². The standard InChI is InChI=1S/C19H26O3/c1-18-8-7-12(20)9-11(18)3-4-13-14-5-6-16(22)19(14,2)10-15(21)17(13)18/h7-9,13-17,21-22H,3-6,10H2,1-2H3/t13-,14-,15+,16-,17+,18+,19-/m0/s1. The van der Waals surface area contributed by atoms with Gasteiger partial charge in [-0.25, -0.2) is 0 Å². The van der Waals surface area contributed by atoms with Crippen LogP contribution in [0.3, 0.4) is 0 Å². The quantitative estimate of drug-likeness (QED) is 0.723. The minimum Gasteiger partial charge on any atom is -0.393 e. The van der Waals surface area contributed by atoms with Crippen molar-refractivity contribution in [3.8, 4) is 0 Å². The zero-order valence-corrected chi connectivity index (χ0v) is 13.5. The number of allylic oxidation sites excluding steroid dienone is 4. The minimum absolute atomic E-state index is 0.0809. The normalized spacial score (nSPS) is 53.5. The summed E-state index contributed by atoms with van der Waals surface area (Å²) < 4.78 is 0. The van der Waals surface area contributed by atoms with Crippen LogP contribution in [0.1, 0.15) is 46.0 Å². The van der Waals surface area contributed by atoms with Crippen LogP contribution in [0, 0.1) is 28.6 Å². The van der Waals surface area contributed by atoms with Gasteiger partial charge in [-0.2, -0.15) is 0 Å². The molecule has 0 aromatic carbocycles. The molecule has 0 heterocycles. The molecule has 22 heavy (non-hydrogen) atoms. The van der Waals surface area contributed by atoms with Crippen LogP contribution in [0.5, 0.6) is 0 Å². The number of aliphatic hydroxyl groups is 2. The Kier molecular flexibility index (Phi) is 3.03. The van der Waals surface area contributed by atoms with Crippen molar-refractivity contribution in [1.29, 1.82) is 0 Å². The molecule has 0 aromatic rings. The zero-order valence-electron chi connectivity index (χ0n) is 13.5. The summed E-state index contributed by atoms with van der Waals surface area (Å²) in [6.07, 6.45) is 9.44. The highest BCUT2D eigenvalue weighted by Crippen LogP contribution is 2.64. The third-order valence-electron chi connectivity index (χ3n) is 7.44. The van der Waals surface area contributed by atoms with Gasteiger partial charge in [0.25, 0.3) is 0 Å². The maximum absolute atomic E-state index is 11.7. The molecule has 120 valence electrons. The zero-order chi connectivity index (χ0) is 15.7. The molecule has 4 rings (SSSR count). The number of fused-ring (bicyclic) bond motifs is 5. The third-order valence-corrected chi connectivity index (χ3v) is 7.44. The number of rotatable bonds is 0. The van der Waals surface area contributed by atoms with Crippen molar-refractivity contribution in [2.45, 2.75) is 58.2 Å². The van der Waals surface area contributed by atoms with Crippen LogP contribution >= 0.6 is 0 Å². The summed E-state index contributed by atoms with van der Waals surface area (Å²) in [5, 5.41) is 21.4. The lowest BCUT2D eigenvalue weighted by molar-refractivity contribution is -0.129. The highest BCUT2D eigenvalue weighted by atomic mass is 16.3. The number of ketones is 1. The fourth-order valence-corrected chi connectivity index (χ4v) is 6.30. The molecule has 0 aliphatic heterocycles. The molecular weight excluding hydrogens is 276 g/mol. The highest BCUT2D eigenvalue weighted by Gasteiger charge is 2.61. The van der Waals surface area contributed by atoms with Gasteiger partial charge >= 0.3 is 0 Å². The second-order valence-electron chi connectivity index (χ2n) is 8.39. The fraction of sp³-hybridized carbons (Fsp3) is 0.737. The van der Waals surface area contributed by atoms with Gasteiger partial charge in [-0.05, 0) is 61.5 Å². The first-order chi connectivity index (χ1) is 10.4. The summed E-state index contributed by atoms with van der Waals surface area (Å²) in [4.78, 5) is 11.7. The molecule has 0 saturated heterocycles. The summed E-state index contributed by atoms with van der Waals surface area (Å²) in [6, 6.07) is 0. The molecule has 0 radical (unpaired) electrons. The Hall–Kier alpha value is -0.930. The molecule has 2 N–H and O–H groups in total. The van der Waals surface area contributed by atoms with E-state index in [0.29, 0.717) is 18.3 Å². The van der Waals surface area contributed by atoms with E-state index >= 15 is 0 Å². The van der Waals surface area contributed by atoms with Crippen LogP contribution in [0.4, 0.5) is 0 Å². The summed E-state index contributed by atoms with van der Waals surface area (Å²) in [5.41, 5.74) is 0.875. The van der Waals surface area contributed by atoms with Crippen LogP contribution in [0.25, 0.3) is 0 Å². The maximum atomic E-state index is 11.7. The third kappa shape index (κ3) is 1.73. The van der Waals surface area contributed by atoms with Crippen molar-refractivity contribution >= 4 is 5.78 Å². The first-order valence-electron chi connectivity index (χ1n) is 8.66. The van der Waals surface area contributed by atoms with Crippen LogP contribution in [0.15, 0.2) is 23.8 Å². The van der Waals surface area contributed by atoms with Crippen molar-refractivity contribution in [2.24, 2.45) is 28.6 Å². The molecule has 4 aliphatic rings. The number of hydrogen-bond donors (Lipinski definition) is 2. The summed E-state index contributed by atoms with van der Waals surface area (Å²) in [6.45, 7) is 4.36. The van der Waals surface area contributed by atoms with Crippen molar-refractivity contribution in [1.82, 2.24) is 0 Å². The van der Waals surface area contributed by atoms with Gasteiger partial charge in [0.15, 0.2) is 5.78 Å². The monoisotopic (exact) mass is 302 g/mol. The summed E-state index contributed by atoms with van der Waals surface area (Å²) in [5.74, 6) is 1.21. The Balaban J connectivity index is 1.76. The molecule has 3 fully saturated rings. The van der Waals surface area contributed by atoms with Gasteiger partial charge in [0.2, 0.25) is 0 Å². The molecule has 4 aliphatic carbocycles. The van der Waals surface area contributed by atoms with E-state index in [-0.39, 0.29) is 28.6 Å². The van der Waals surface area contributed by atoms with E-state index < -0.39 is 6.10 Å². The highest BCUT2D eigenvalue weighted by molar-refractivity contribution is 6.01. The van der Waals surface area contributed by atoms with E-state index in [2.05, 4.69) is 13.8 Å². The van der Waals surface area contributed by atoms with E-state index in [0.717, 1.165) is 25.7 Å². The molecule has 0 amide bonds. The van der Waals surface area contributed by atoms with E-state index in [9.17, 15) is 15.0 Å². The topological polar surface area (TPSA) is 57.5 Å². The van der Waals surface area contributed by atoms with E-state index in [1.165, 1.54) is 5.57 Å². The van der Waals surface area contributed by atoms with Crippen LogP contribution in [0.2, 0.25) is 0 Å². The molecule has 0 spiro atoms. The van der Waals surface area contributed by atoms with Crippen LogP contribution < -0.4 is 0 Å². The number of carbonyl (C=O) groups is 1. The number of carbonyl (C=O) groups excluding carboxylic acids is 1. The Morgan fingerprint density at radius 1 is 1.18 bits per heavy atom. The van der Waals surface area contributed by atoms with E-state index in [1.807, 2.05) is 6.08 Å².